The molecular formula is C15H22BO2P. The fourth-order valence-corrected chi connectivity index (χ4v) is 3.59. The van der Waals surface area contributed by atoms with E-state index in [1.54, 1.807) is 0 Å². The SMILES string of the molecule is [B]P(CC)c1ccccc1[C@@H](C)OC1CCCCO1. The minimum atomic E-state index is -0.571. The molecule has 0 aromatic heterocycles. The van der Waals surface area contributed by atoms with Crippen LogP contribution < -0.4 is 5.30 Å². The van der Waals surface area contributed by atoms with E-state index in [9.17, 15) is 0 Å². The molecule has 0 saturated carbocycles. The third kappa shape index (κ3) is 4.05. The van der Waals surface area contributed by atoms with Crippen molar-refractivity contribution in [1.82, 2.24) is 0 Å². The van der Waals surface area contributed by atoms with Crippen LogP contribution in [-0.4, -0.2) is 26.6 Å². The molecule has 1 aliphatic rings. The van der Waals surface area contributed by atoms with Crippen molar-refractivity contribution in [2.75, 3.05) is 12.8 Å². The minimum absolute atomic E-state index is 0.0411. The molecule has 1 aliphatic heterocycles. The van der Waals surface area contributed by atoms with E-state index in [0.29, 0.717) is 0 Å². The van der Waals surface area contributed by atoms with Crippen LogP contribution in [0.25, 0.3) is 0 Å². The van der Waals surface area contributed by atoms with Gasteiger partial charge in [-0.05, 0) is 43.2 Å². The Morgan fingerprint density at radius 1 is 1.42 bits per heavy atom. The normalized spacial score (nSPS) is 22.9. The maximum atomic E-state index is 6.24. The minimum Gasteiger partial charge on any atom is -0.353 e. The molecule has 19 heavy (non-hydrogen) atoms. The Hall–Kier alpha value is -0.365. The predicted octanol–water partition coefficient (Wildman–Crippen LogP) is 3.50. The van der Waals surface area contributed by atoms with Gasteiger partial charge in [-0.3, -0.25) is 0 Å². The summed E-state index contributed by atoms with van der Waals surface area (Å²) in [7, 11) is 5.67. The third-order valence-corrected chi connectivity index (χ3v) is 5.23. The molecule has 1 heterocycles. The van der Waals surface area contributed by atoms with Crippen LogP contribution in [0.15, 0.2) is 24.3 Å². The van der Waals surface area contributed by atoms with E-state index in [1.807, 2.05) is 0 Å². The van der Waals surface area contributed by atoms with Gasteiger partial charge in [-0.15, -0.1) is 7.80 Å². The average molecular weight is 276 g/mol. The molecule has 3 atom stereocenters. The van der Waals surface area contributed by atoms with Gasteiger partial charge in [0.25, 0.3) is 0 Å². The quantitative estimate of drug-likeness (QED) is 0.605. The number of hydrogen-bond acceptors (Lipinski definition) is 2. The summed E-state index contributed by atoms with van der Waals surface area (Å²) in [4.78, 5) is 0. The molecule has 1 saturated heterocycles. The molecule has 0 spiro atoms. The molecule has 0 amide bonds. The van der Waals surface area contributed by atoms with Crippen molar-refractivity contribution in [3.8, 4) is 0 Å². The van der Waals surface area contributed by atoms with Gasteiger partial charge in [0, 0.05) is 6.61 Å². The molecule has 1 aromatic carbocycles. The number of benzene rings is 1. The summed E-state index contributed by atoms with van der Waals surface area (Å²) in [6.07, 6.45) is 4.32. The second kappa shape index (κ2) is 7.43. The highest BCUT2D eigenvalue weighted by Gasteiger charge is 2.20. The smallest absolute Gasteiger partial charge is 0.158 e. The van der Waals surface area contributed by atoms with Crippen LogP contribution >= 0.6 is 7.80 Å². The number of rotatable bonds is 5. The second-order valence-corrected chi connectivity index (χ2v) is 6.97. The molecule has 1 fully saturated rings. The molecule has 1 aromatic rings. The molecule has 102 valence electrons. The van der Waals surface area contributed by atoms with Gasteiger partial charge < -0.3 is 9.47 Å². The molecular weight excluding hydrogens is 254 g/mol. The molecule has 2 unspecified atom stereocenters. The average Bonchev–Trinajstić information content (AvgIpc) is 2.47. The van der Waals surface area contributed by atoms with Gasteiger partial charge in [-0.25, -0.2) is 0 Å². The first-order valence-electron chi connectivity index (χ1n) is 7.10. The van der Waals surface area contributed by atoms with E-state index in [4.69, 9.17) is 17.0 Å². The van der Waals surface area contributed by atoms with Gasteiger partial charge in [0.2, 0.25) is 0 Å². The molecule has 0 bridgehead atoms. The first kappa shape index (κ1) is 15.0. The summed E-state index contributed by atoms with van der Waals surface area (Å²) in [6.45, 7) is 5.05. The summed E-state index contributed by atoms with van der Waals surface area (Å²) in [5.74, 6) is 0. The Labute approximate surface area is 119 Å². The van der Waals surface area contributed by atoms with E-state index in [-0.39, 0.29) is 12.4 Å². The van der Waals surface area contributed by atoms with Crippen LogP contribution in [0.1, 0.15) is 44.8 Å². The Morgan fingerprint density at radius 3 is 2.89 bits per heavy atom. The lowest BCUT2D eigenvalue weighted by Gasteiger charge is -2.28. The van der Waals surface area contributed by atoms with Crippen LogP contribution in [0.5, 0.6) is 0 Å². The molecule has 2 nitrogen and oxygen atoms in total. The third-order valence-electron chi connectivity index (χ3n) is 3.52. The summed E-state index contributed by atoms with van der Waals surface area (Å²) in [5, 5.41) is 1.25. The van der Waals surface area contributed by atoms with Crippen molar-refractivity contribution in [1.29, 1.82) is 0 Å². The van der Waals surface area contributed by atoms with E-state index in [0.717, 1.165) is 25.6 Å². The van der Waals surface area contributed by atoms with Gasteiger partial charge in [-0.2, -0.15) is 0 Å². The van der Waals surface area contributed by atoms with Crippen molar-refractivity contribution >= 4 is 20.7 Å². The molecule has 0 aliphatic carbocycles. The fourth-order valence-electron chi connectivity index (χ4n) is 2.38. The number of hydrogen-bond donors (Lipinski definition) is 0. The molecule has 0 N–H and O–H groups in total. The van der Waals surface area contributed by atoms with E-state index in [1.165, 1.54) is 17.3 Å². The maximum absolute atomic E-state index is 6.24. The topological polar surface area (TPSA) is 18.5 Å². The first-order valence-corrected chi connectivity index (χ1v) is 8.70. The monoisotopic (exact) mass is 276 g/mol. The van der Waals surface area contributed by atoms with Crippen LogP contribution in [0, 0.1) is 0 Å². The summed E-state index contributed by atoms with van der Waals surface area (Å²) in [5.41, 5.74) is 1.21. The first-order chi connectivity index (χ1) is 9.22. The lowest BCUT2D eigenvalue weighted by atomic mass is 10.1. The zero-order chi connectivity index (χ0) is 13.7. The van der Waals surface area contributed by atoms with Crippen molar-refractivity contribution in [2.45, 2.75) is 45.5 Å². The highest BCUT2D eigenvalue weighted by atomic mass is 31.1. The zero-order valence-electron chi connectivity index (χ0n) is 11.8. The van der Waals surface area contributed by atoms with Crippen LogP contribution in [0.4, 0.5) is 0 Å². The van der Waals surface area contributed by atoms with E-state index >= 15 is 0 Å². The lowest BCUT2D eigenvalue weighted by molar-refractivity contribution is -0.185. The predicted molar refractivity (Wildman–Crippen MR) is 82.4 cm³/mol. The summed E-state index contributed by atoms with van der Waals surface area (Å²) < 4.78 is 11.7. The number of ether oxygens (including phenoxy) is 2. The Kier molecular flexibility index (Phi) is 5.88. The van der Waals surface area contributed by atoms with Crippen molar-refractivity contribution < 1.29 is 9.47 Å². The van der Waals surface area contributed by atoms with Crippen LogP contribution in [-0.2, 0) is 9.47 Å². The fraction of sp³-hybridized carbons (Fsp3) is 0.600. The van der Waals surface area contributed by atoms with Crippen molar-refractivity contribution in [3.63, 3.8) is 0 Å². The molecule has 2 rings (SSSR count). The van der Waals surface area contributed by atoms with Crippen LogP contribution in [0.3, 0.4) is 0 Å². The largest absolute Gasteiger partial charge is 0.353 e. The van der Waals surface area contributed by atoms with Crippen molar-refractivity contribution in [2.24, 2.45) is 0 Å². The van der Waals surface area contributed by atoms with Gasteiger partial charge in [0.05, 0.1) is 6.10 Å². The van der Waals surface area contributed by atoms with Gasteiger partial charge in [-0.1, -0.05) is 31.2 Å². The Balaban J connectivity index is 2.07. The standard InChI is InChI=1S/C15H22BO2P/c1-3-19(16)14-9-5-4-8-13(14)12(2)18-15-10-6-7-11-17-15/h4-5,8-9,12,15H,3,6-7,10-11H2,1-2H3/t12-,15?,19?/m1/s1. The van der Waals surface area contributed by atoms with E-state index < -0.39 is 7.80 Å². The molecule has 2 radical (unpaired) electrons. The van der Waals surface area contributed by atoms with Gasteiger partial charge >= 0.3 is 0 Å². The highest BCUT2D eigenvalue weighted by Crippen LogP contribution is 2.32. The van der Waals surface area contributed by atoms with Gasteiger partial charge in [0.1, 0.15) is 7.57 Å². The maximum Gasteiger partial charge on any atom is 0.158 e. The Morgan fingerprint density at radius 2 is 2.21 bits per heavy atom. The highest BCUT2D eigenvalue weighted by molar-refractivity contribution is 7.88. The summed E-state index contributed by atoms with van der Waals surface area (Å²) in [6, 6.07) is 8.37. The lowest BCUT2D eigenvalue weighted by Crippen LogP contribution is -2.25. The van der Waals surface area contributed by atoms with Gasteiger partial charge in [0.15, 0.2) is 6.29 Å². The van der Waals surface area contributed by atoms with Crippen molar-refractivity contribution in [3.05, 3.63) is 29.8 Å². The second-order valence-electron chi connectivity index (χ2n) is 4.92. The summed E-state index contributed by atoms with van der Waals surface area (Å²) >= 11 is 0. The van der Waals surface area contributed by atoms with E-state index in [2.05, 4.69) is 38.1 Å². The Bertz CT molecular complexity index is 393. The molecule has 4 heteroatoms. The zero-order valence-corrected chi connectivity index (χ0v) is 12.7. The van der Waals surface area contributed by atoms with Crippen LogP contribution in [0.2, 0.25) is 0 Å².